The molecule has 0 fully saturated rings. The molecule has 25 heavy (non-hydrogen) atoms. The second-order valence-electron chi connectivity index (χ2n) is 6.21. The van der Waals surface area contributed by atoms with Crippen molar-refractivity contribution in [3.05, 3.63) is 126 Å². The molecule has 0 atom stereocenters. The second kappa shape index (κ2) is 6.40. The number of aromatic nitrogens is 2. The number of aryl methyl sites for hydroxylation is 1. The van der Waals surface area contributed by atoms with Crippen LogP contribution in [0.3, 0.4) is 0 Å². The Hall–Kier alpha value is -3.13. The van der Waals surface area contributed by atoms with E-state index in [0.29, 0.717) is 0 Å². The van der Waals surface area contributed by atoms with Crippen LogP contribution in [0.4, 0.5) is 0 Å². The third-order valence-electron chi connectivity index (χ3n) is 4.77. The molecular weight excluding hydrogens is 304 g/mol. The Labute approximate surface area is 148 Å². The number of hydrogen-bond donors (Lipinski definition) is 0. The maximum Gasteiger partial charge on any atom is 0.138 e. The Balaban J connectivity index is 2.15. The molecule has 3 aromatic carbocycles. The summed E-state index contributed by atoms with van der Waals surface area (Å²) in [5.74, 6) is 0. The van der Waals surface area contributed by atoms with E-state index < -0.39 is 5.54 Å². The number of rotatable bonds is 4. The summed E-state index contributed by atoms with van der Waals surface area (Å²) >= 11 is 0. The van der Waals surface area contributed by atoms with Gasteiger partial charge in [0.05, 0.1) is 0 Å². The summed E-state index contributed by atoms with van der Waals surface area (Å²) in [4.78, 5) is 0. The van der Waals surface area contributed by atoms with Crippen molar-refractivity contribution in [3.63, 3.8) is 0 Å². The molecule has 0 spiro atoms. The molecule has 0 aliphatic heterocycles. The third-order valence-corrected chi connectivity index (χ3v) is 4.77. The Morgan fingerprint density at radius 3 is 1.76 bits per heavy atom. The van der Waals surface area contributed by atoms with Crippen molar-refractivity contribution in [1.29, 1.82) is 0 Å². The lowest BCUT2D eigenvalue weighted by Gasteiger charge is -2.37. The lowest BCUT2D eigenvalue weighted by Crippen LogP contribution is -2.38. The Morgan fingerprint density at radius 2 is 1.24 bits per heavy atom. The fraction of sp³-hybridized carbons (Fsp3) is 0.0870. The minimum atomic E-state index is -0.503. The summed E-state index contributed by atoms with van der Waals surface area (Å²) in [6, 6.07) is 31.8. The molecule has 0 radical (unpaired) electrons. The topological polar surface area (TPSA) is 17.8 Å². The van der Waals surface area contributed by atoms with Gasteiger partial charge in [-0.3, -0.25) is 4.68 Å². The van der Waals surface area contributed by atoms with E-state index in [-0.39, 0.29) is 0 Å². The Bertz CT molecular complexity index is 902. The fourth-order valence-electron chi connectivity index (χ4n) is 3.67. The van der Waals surface area contributed by atoms with Crippen LogP contribution >= 0.6 is 0 Å². The van der Waals surface area contributed by atoms with Crippen molar-refractivity contribution in [2.45, 2.75) is 12.5 Å². The molecule has 0 bridgehead atoms. The number of nitrogens with zero attached hydrogens (tertiary/aromatic N) is 2. The van der Waals surface area contributed by atoms with Gasteiger partial charge in [-0.25, -0.2) is 0 Å². The van der Waals surface area contributed by atoms with Crippen LogP contribution in [-0.4, -0.2) is 9.78 Å². The summed E-state index contributed by atoms with van der Waals surface area (Å²) in [6.07, 6.45) is 3.89. The van der Waals surface area contributed by atoms with Crippen LogP contribution in [0.5, 0.6) is 0 Å². The molecule has 0 saturated carbocycles. The van der Waals surface area contributed by atoms with E-state index >= 15 is 0 Å². The van der Waals surface area contributed by atoms with Gasteiger partial charge in [0.1, 0.15) is 5.54 Å². The SMILES string of the molecule is Cc1ccccc1C(c1ccccc1)(c1ccccc1)n1cccn1. The van der Waals surface area contributed by atoms with E-state index in [1.807, 2.05) is 18.5 Å². The normalized spacial score (nSPS) is 11.4. The molecule has 0 aliphatic carbocycles. The van der Waals surface area contributed by atoms with Gasteiger partial charge in [-0.1, -0.05) is 84.9 Å². The van der Waals surface area contributed by atoms with Crippen molar-refractivity contribution >= 4 is 0 Å². The molecule has 0 N–H and O–H groups in total. The first kappa shape index (κ1) is 15.4. The molecule has 2 heteroatoms. The summed E-state index contributed by atoms with van der Waals surface area (Å²) in [6.45, 7) is 2.17. The predicted molar refractivity (Wildman–Crippen MR) is 102 cm³/mol. The van der Waals surface area contributed by atoms with Gasteiger partial charge in [-0.2, -0.15) is 5.10 Å². The molecular formula is C23H20N2. The highest BCUT2D eigenvalue weighted by Gasteiger charge is 2.39. The average molecular weight is 324 g/mol. The van der Waals surface area contributed by atoms with Crippen molar-refractivity contribution in [2.24, 2.45) is 0 Å². The quantitative estimate of drug-likeness (QED) is 0.481. The van der Waals surface area contributed by atoms with Crippen LogP contribution in [0.25, 0.3) is 0 Å². The first-order valence-corrected chi connectivity index (χ1v) is 8.51. The van der Waals surface area contributed by atoms with Gasteiger partial charge >= 0.3 is 0 Å². The molecule has 1 aromatic heterocycles. The van der Waals surface area contributed by atoms with Crippen molar-refractivity contribution in [1.82, 2.24) is 9.78 Å². The molecule has 2 nitrogen and oxygen atoms in total. The van der Waals surface area contributed by atoms with E-state index in [1.54, 1.807) is 0 Å². The summed E-state index contributed by atoms with van der Waals surface area (Å²) < 4.78 is 2.07. The smallest absolute Gasteiger partial charge is 0.138 e. The minimum Gasteiger partial charge on any atom is -0.253 e. The highest BCUT2D eigenvalue weighted by Crippen LogP contribution is 2.41. The van der Waals surface area contributed by atoms with Gasteiger partial charge in [-0.15, -0.1) is 0 Å². The standard InChI is InChI=1S/C23H20N2/c1-19-11-8-9-16-22(19)23(25-18-10-17-24-25,20-12-4-2-5-13-20)21-14-6-3-7-15-21/h2-18H,1H3. The van der Waals surface area contributed by atoms with Crippen LogP contribution < -0.4 is 0 Å². The maximum absolute atomic E-state index is 4.68. The van der Waals surface area contributed by atoms with E-state index in [9.17, 15) is 0 Å². The zero-order valence-electron chi connectivity index (χ0n) is 14.2. The first-order valence-electron chi connectivity index (χ1n) is 8.51. The van der Waals surface area contributed by atoms with Gasteiger partial charge < -0.3 is 0 Å². The lowest BCUT2D eigenvalue weighted by molar-refractivity contribution is 0.458. The molecule has 4 aromatic rings. The summed E-state index contributed by atoms with van der Waals surface area (Å²) in [7, 11) is 0. The van der Waals surface area contributed by atoms with Gasteiger partial charge in [0.15, 0.2) is 0 Å². The monoisotopic (exact) mass is 324 g/mol. The van der Waals surface area contributed by atoms with E-state index in [0.717, 1.165) is 0 Å². The third kappa shape index (κ3) is 2.47. The van der Waals surface area contributed by atoms with Gasteiger partial charge in [0.25, 0.3) is 0 Å². The van der Waals surface area contributed by atoms with Crippen LogP contribution in [0.2, 0.25) is 0 Å². The predicted octanol–water partition coefficient (Wildman–Crippen LogP) is 5.03. The second-order valence-corrected chi connectivity index (χ2v) is 6.21. The highest BCUT2D eigenvalue weighted by atomic mass is 15.3. The minimum absolute atomic E-state index is 0.503. The van der Waals surface area contributed by atoms with Crippen LogP contribution in [0.1, 0.15) is 22.3 Å². The van der Waals surface area contributed by atoms with Gasteiger partial charge in [-0.05, 0) is 35.2 Å². The zero-order chi connectivity index (χ0) is 17.1. The number of hydrogen-bond acceptors (Lipinski definition) is 1. The Morgan fingerprint density at radius 1 is 0.680 bits per heavy atom. The molecule has 0 aliphatic rings. The summed E-state index contributed by atoms with van der Waals surface area (Å²) in [5.41, 5.74) is 4.36. The molecule has 0 unspecified atom stereocenters. The summed E-state index contributed by atoms with van der Waals surface area (Å²) in [5, 5.41) is 4.68. The molecule has 0 amide bonds. The van der Waals surface area contributed by atoms with E-state index in [4.69, 9.17) is 0 Å². The fourth-order valence-corrected chi connectivity index (χ4v) is 3.67. The van der Waals surface area contributed by atoms with Crippen molar-refractivity contribution < 1.29 is 0 Å². The molecule has 0 saturated heterocycles. The van der Waals surface area contributed by atoms with E-state index in [1.165, 1.54) is 22.3 Å². The maximum atomic E-state index is 4.68. The van der Waals surface area contributed by atoms with Gasteiger partial charge in [0.2, 0.25) is 0 Å². The zero-order valence-corrected chi connectivity index (χ0v) is 14.2. The van der Waals surface area contributed by atoms with Crippen LogP contribution in [0, 0.1) is 6.92 Å². The molecule has 1 heterocycles. The average Bonchev–Trinajstić information content (AvgIpc) is 3.21. The number of benzene rings is 3. The van der Waals surface area contributed by atoms with Crippen LogP contribution in [0.15, 0.2) is 103 Å². The van der Waals surface area contributed by atoms with Gasteiger partial charge in [0, 0.05) is 12.4 Å². The first-order chi connectivity index (χ1) is 12.3. The Kier molecular flexibility index (Phi) is 3.95. The van der Waals surface area contributed by atoms with Crippen molar-refractivity contribution in [3.8, 4) is 0 Å². The van der Waals surface area contributed by atoms with Crippen molar-refractivity contribution in [2.75, 3.05) is 0 Å². The highest BCUT2D eigenvalue weighted by molar-refractivity contribution is 5.52. The molecule has 122 valence electrons. The lowest BCUT2D eigenvalue weighted by atomic mass is 9.75. The largest absolute Gasteiger partial charge is 0.253 e. The molecule has 4 rings (SSSR count). The van der Waals surface area contributed by atoms with Crippen LogP contribution in [-0.2, 0) is 5.54 Å². The van der Waals surface area contributed by atoms with E-state index in [2.05, 4.69) is 102 Å².